The predicted octanol–water partition coefficient (Wildman–Crippen LogP) is 9.51. The van der Waals surface area contributed by atoms with Crippen LogP contribution in [0.5, 0.6) is 0 Å². The molecule has 0 N–H and O–H groups in total. The molecule has 0 unspecified atom stereocenters. The standard InChI is InChI=1S/4C8H11N.2ClH.Rh/c4*1-2-3-8-4-6-9-7-5-8;;;/h4*4-7H,2-3H2,1H3;2*1H;/q;;;;;;+3/p-2. The van der Waals surface area contributed by atoms with Crippen molar-refractivity contribution in [2.75, 3.05) is 0 Å². The molecule has 214 valence electrons. The molecule has 0 atom stereocenters. The fraction of sp³-hybridized carbons (Fsp3) is 0.375. The molecular weight excluding hydrogens is 614 g/mol. The van der Waals surface area contributed by atoms with Gasteiger partial charge in [-0.15, -0.1) is 0 Å². The zero-order valence-electron chi connectivity index (χ0n) is 23.8. The molecule has 0 amide bonds. The molecule has 0 aliphatic heterocycles. The maximum atomic E-state index is 4.83. The number of hydrogen-bond acceptors (Lipinski definition) is 4. The monoisotopic (exact) mass is 657 g/mol. The number of aromatic nitrogens is 4. The van der Waals surface area contributed by atoms with E-state index in [-0.39, 0.29) is 15.1 Å². The molecule has 4 aromatic heterocycles. The summed E-state index contributed by atoms with van der Waals surface area (Å²) in [5.74, 6) is 0. The average Bonchev–Trinajstić information content (AvgIpc) is 2.98. The average molecular weight is 659 g/mol. The minimum atomic E-state index is -0.226. The zero-order chi connectivity index (χ0) is 28.8. The van der Waals surface area contributed by atoms with Gasteiger partial charge in [0.1, 0.15) is 0 Å². The van der Waals surface area contributed by atoms with Crippen LogP contribution in [-0.4, -0.2) is 19.9 Å². The van der Waals surface area contributed by atoms with E-state index in [2.05, 4.69) is 96.2 Å². The number of rotatable bonds is 8. The molecule has 0 saturated heterocycles. The molecule has 0 saturated carbocycles. The van der Waals surface area contributed by atoms with Crippen LogP contribution in [0.4, 0.5) is 0 Å². The summed E-state index contributed by atoms with van der Waals surface area (Å²) < 4.78 is 0. The van der Waals surface area contributed by atoms with E-state index in [1.54, 1.807) is 0 Å². The first kappa shape index (κ1) is 36.8. The molecule has 0 bridgehead atoms. The molecule has 4 heterocycles. The molecule has 0 aliphatic carbocycles. The molecule has 0 aliphatic rings. The van der Waals surface area contributed by atoms with E-state index in [4.69, 9.17) is 19.4 Å². The fourth-order valence-corrected chi connectivity index (χ4v) is 3.35. The van der Waals surface area contributed by atoms with Gasteiger partial charge in [-0.05, 0) is 96.5 Å². The second-order valence-corrected chi connectivity index (χ2v) is 11.0. The summed E-state index contributed by atoms with van der Waals surface area (Å²) in [5, 5.41) is 0. The van der Waals surface area contributed by atoms with E-state index in [1.807, 2.05) is 49.6 Å². The van der Waals surface area contributed by atoms with E-state index in [9.17, 15) is 0 Å². The maximum absolute atomic E-state index is 4.83. The Bertz CT molecular complexity index is 830. The van der Waals surface area contributed by atoms with Crippen LogP contribution in [0.25, 0.3) is 0 Å². The molecule has 4 rings (SSSR count). The Hall–Kier alpha value is -2.20. The first-order valence-electron chi connectivity index (χ1n) is 13.5. The van der Waals surface area contributed by atoms with Crippen molar-refractivity contribution < 1.29 is 15.1 Å². The van der Waals surface area contributed by atoms with Gasteiger partial charge in [-0.3, -0.25) is 19.9 Å². The number of halogens is 2. The normalized spacial score (nSPS) is 9.28. The zero-order valence-corrected chi connectivity index (χ0v) is 26.9. The van der Waals surface area contributed by atoms with Gasteiger partial charge in [-0.25, -0.2) is 0 Å². The first-order chi connectivity index (χ1) is 19.1. The topological polar surface area (TPSA) is 51.6 Å². The van der Waals surface area contributed by atoms with Crippen molar-refractivity contribution in [3.05, 3.63) is 120 Å². The fourth-order valence-electron chi connectivity index (χ4n) is 3.35. The molecule has 39 heavy (non-hydrogen) atoms. The van der Waals surface area contributed by atoms with Crippen LogP contribution in [-0.2, 0) is 40.8 Å². The summed E-state index contributed by atoms with van der Waals surface area (Å²) in [7, 11) is 9.67. The van der Waals surface area contributed by atoms with Gasteiger partial charge >= 0.3 is 34.5 Å². The van der Waals surface area contributed by atoms with Crippen LogP contribution >= 0.6 is 19.4 Å². The van der Waals surface area contributed by atoms with Crippen LogP contribution in [0.1, 0.15) is 75.6 Å². The van der Waals surface area contributed by atoms with Crippen LogP contribution in [0, 0.1) is 0 Å². The van der Waals surface area contributed by atoms with Crippen molar-refractivity contribution in [2.45, 2.75) is 79.1 Å². The molecular formula is C32H44Cl2N4Rh+. The molecule has 4 nitrogen and oxygen atoms in total. The Morgan fingerprint density at radius 2 is 0.564 bits per heavy atom. The first-order valence-corrected chi connectivity index (χ1v) is 17.8. The number of hydrogen-bond donors (Lipinski definition) is 0. The van der Waals surface area contributed by atoms with Crippen molar-refractivity contribution in [2.24, 2.45) is 0 Å². The Labute approximate surface area is 252 Å². The summed E-state index contributed by atoms with van der Waals surface area (Å²) in [5.41, 5.74) is 5.53. The Morgan fingerprint density at radius 1 is 0.410 bits per heavy atom. The predicted molar refractivity (Wildman–Crippen MR) is 165 cm³/mol. The summed E-state index contributed by atoms with van der Waals surface area (Å²) >= 11 is -0.226. The summed E-state index contributed by atoms with van der Waals surface area (Å²) in [4.78, 5) is 15.7. The van der Waals surface area contributed by atoms with Crippen molar-refractivity contribution in [3.63, 3.8) is 0 Å². The summed E-state index contributed by atoms with van der Waals surface area (Å²) in [6, 6.07) is 16.5. The molecule has 7 heteroatoms. The third-order valence-electron chi connectivity index (χ3n) is 5.15. The SMILES string of the molecule is CCCc1ccncc1.CCCc1ccncc1.CCCc1ccncc1.CCCc1ccncc1.[Cl][Rh+][Cl]. The van der Waals surface area contributed by atoms with Crippen LogP contribution in [0.15, 0.2) is 98.1 Å². The van der Waals surface area contributed by atoms with Crippen molar-refractivity contribution in [1.29, 1.82) is 0 Å². The van der Waals surface area contributed by atoms with Gasteiger partial charge in [0.25, 0.3) is 0 Å². The Morgan fingerprint density at radius 3 is 0.692 bits per heavy atom. The third-order valence-corrected chi connectivity index (χ3v) is 5.15. The second-order valence-electron chi connectivity index (χ2n) is 8.47. The van der Waals surface area contributed by atoms with Gasteiger partial charge in [0.2, 0.25) is 0 Å². The van der Waals surface area contributed by atoms with Gasteiger partial charge < -0.3 is 0 Å². The molecule has 4 aromatic rings. The van der Waals surface area contributed by atoms with Gasteiger partial charge in [0.15, 0.2) is 0 Å². The Kier molecular flexibility index (Phi) is 27.2. The van der Waals surface area contributed by atoms with Crippen molar-refractivity contribution in [1.82, 2.24) is 19.9 Å². The number of nitrogens with zero attached hydrogens (tertiary/aromatic N) is 4. The van der Waals surface area contributed by atoms with Crippen molar-refractivity contribution >= 4 is 19.4 Å². The molecule has 0 fully saturated rings. The van der Waals surface area contributed by atoms with E-state index in [0.29, 0.717) is 0 Å². The van der Waals surface area contributed by atoms with Crippen LogP contribution < -0.4 is 0 Å². The van der Waals surface area contributed by atoms with E-state index in [0.717, 1.165) is 0 Å². The second kappa shape index (κ2) is 28.8. The van der Waals surface area contributed by atoms with Gasteiger partial charge in [0, 0.05) is 49.6 Å². The quantitative estimate of drug-likeness (QED) is 0.177. The van der Waals surface area contributed by atoms with Crippen LogP contribution in [0.2, 0.25) is 0 Å². The van der Waals surface area contributed by atoms with E-state index < -0.39 is 0 Å². The van der Waals surface area contributed by atoms with E-state index in [1.165, 1.54) is 73.6 Å². The molecule has 0 spiro atoms. The van der Waals surface area contributed by atoms with E-state index >= 15 is 0 Å². The minimum absolute atomic E-state index is 0.226. The molecule has 0 aromatic carbocycles. The molecule has 0 radical (unpaired) electrons. The summed E-state index contributed by atoms with van der Waals surface area (Å²) in [6.07, 6.45) is 24.2. The van der Waals surface area contributed by atoms with Gasteiger partial charge in [-0.2, -0.15) is 0 Å². The number of aryl methyl sites for hydroxylation is 4. The number of pyridine rings is 4. The van der Waals surface area contributed by atoms with Gasteiger partial charge in [0.05, 0.1) is 0 Å². The Balaban J connectivity index is 0.000000477. The summed E-state index contributed by atoms with van der Waals surface area (Å²) in [6.45, 7) is 8.72. The van der Waals surface area contributed by atoms with Gasteiger partial charge in [-0.1, -0.05) is 53.4 Å². The van der Waals surface area contributed by atoms with Crippen LogP contribution in [0.3, 0.4) is 0 Å². The third kappa shape index (κ3) is 23.4. The van der Waals surface area contributed by atoms with Crippen molar-refractivity contribution in [3.8, 4) is 0 Å².